The van der Waals surface area contributed by atoms with Crippen molar-refractivity contribution in [2.45, 2.75) is 25.7 Å². The van der Waals surface area contributed by atoms with Gasteiger partial charge in [0, 0.05) is 30.0 Å². The maximum absolute atomic E-state index is 12.5. The van der Waals surface area contributed by atoms with Crippen molar-refractivity contribution in [3.8, 4) is 17.6 Å². The molecule has 0 saturated carbocycles. The number of aromatic amines is 1. The molecule has 4 aromatic rings. The summed E-state index contributed by atoms with van der Waals surface area (Å²) in [5, 5.41) is 11.9. The van der Waals surface area contributed by atoms with Crippen LogP contribution >= 0.6 is 0 Å². The third-order valence-corrected chi connectivity index (χ3v) is 6.58. The fraction of sp³-hybridized carbons (Fsp3) is 0.303. The molecule has 11 heteroatoms. The average molecular weight is 609 g/mol. The van der Waals surface area contributed by atoms with Crippen LogP contribution in [-0.2, 0) is 6.42 Å². The van der Waals surface area contributed by atoms with Crippen LogP contribution in [0.4, 0.5) is 13.2 Å². The fourth-order valence-electron chi connectivity index (χ4n) is 4.28. The van der Waals surface area contributed by atoms with Crippen LogP contribution in [0.2, 0.25) is 0 Å². The maximum Gasteiger partial charge on any atom is 0.260 e. The van der Waals surface area contributed by atoms with Gasteiger partial charge in [-0.25, -0.2) is 13.2 Å². The standard InChI is InChI=1S/C19H15N3O3.C8H7F3O.C6H13N/c1-25-17-8-11-20-16-7-6-13(12-15(16)17)4-2-9-21-18(23)14-5-3-10-22-19(14)24;9-6-3-5(1-2-12)4-7(10)8(6)11;1-7-5-3-2-4-6-7/h3,5-8,10-12H,9H2,1H3,(H,21,23)(H,22,24);3-4,12H,1-2H2;2-6H2,1H3. The van der Waals surface area contributed by atoms with Gasteiger partial charge in [0.2, 0.25) is 0 Å². The van der Waals surface area contributed by atoms with E-state index in [1.807, 2.05) is 18.2 Å². The Morgan fingerprint density at radius 3 is 2.43 bits per heavy atom. The Bertz CT molecular complexity index is 1640. The van der Waals surface area contributed by atoms with E-state index in [1.165, 1.54) is 44.6 Å². The van der Waals surface area contributed by atoms with E-state index in [0.29, 0.717) is 0 Å². The third kappa shape index (κ3) is 10.3. The fourth-order valence-corrected chi connectivity index (χ4v) is 4.28. The highest BCUT2D eigenvalue weighted by Gasteiger charge is 2.10. The van der Waals surface area contributed by atoms with Crippen LogP contribution in [0.15, 0.2) is 65.7 Å². The van der Waals surface area contributed by atoms with E-state index in [4.69, 9.17) is 9.84 Å². The number of fused-ring (bicyclic) bond motifs is 1. The Morgan fingerprint density at radius 2 is 1.82 bits per heavy atom. The minimum atomic E-state index is -1.48. The summed E-state index contributed by atoms with van der Waals surface area (Å²) in [7, 11) is 3.80. The Balaban J connectivity index is 0.000000228. The maximum atomic E-state index is 12.5. The number of piperidine rings is 1. The van der Waals surface area contributed by atoms with Crippen molar-refractivity contribution < 1.29 is 27.8 Å². The van der Waals surface area contributed by atoms with Gasteiger partial charge in [-0.1, -0.05) is 18.3 Å². The van der Waals surface area contributed by atoms with Crippen molar-refractivity contribution in [2.24, 2.45) is 0 Å². The first kappa shape index (κ1) is 33.8. The summed E-state index contributed by atoms with van der Waals surface area (Å²) in [5.41, 5.74) is 1.48. The zero-order valence-electron chi connectivity index (χ0n) is 24.6. The van der Waals surface area contributed by atoms with E-state index in [-0.39, 0.29) is 30.7 Å². The minimum Gasteiger partial charge on any atom is -0.496 e. The number of nitrogens with one attached hydrogen (secondary N) is 2. The zero-order chi connectivity index (χ0) is 31.9. The van der Waals surface area contributed by atoms with Crippen LogP contribution in [0.25, 0.3) is 10.9 Å². The topological polar surface area (TPSA) is 108 Å². The van der Waals surface area contributed by atoms with Crippen molar-refractivity contribution in [3.05, 3.63) is 105 Å². The van der Waals surface area contributed by atoms with E-state index in [2.05, 4.69) is 39.1 Å². The molecule has 232 valence electrons. The van der Waals surface area contributed by atoms with Gasteiger partial charge in [-0.15, -0.1) is 0 Å². The Labute approximate surface area is 253 Å². The van der Waals surface area contributed by atoms with Gasteiger partial charge in [-0.05, 0) is 93.5 Å². The van der Waals surface area contributed by atoms with Gasteiger partial charge in [-0.3, -0.25) is 14.6 Å². The van der Waals surface area contributed by atoms with Crippen molar-refractivity contribution >= 4 is 16.8 Å². The second-order valence-electron chi connectivity index (χ2n) is 9.85. The number of methoxy groups -OCH3 is 1. The summed E-state index contributed by atoms with van der Waals surface area (Å²) in [6.45, 7) is 2.56. The van der Waals surface area contributed by atoms with E-state index in [9.17, 15) is 22.8 Å². The third-order valence-electron chi connectivity index (χ3n) is 6.58. The number of hydrogen-bond donors (Lipinski definition) is 3. The lowest BCUT2D eigenvalue weighted by Gasteiger charge is -2.20. The molecular formula is C33H35F3N4O4. The number of likely N-dealkylation sites (tertiary alicyclic amines) is 1. The highest BCUT2D eigenvalue weighted by atomic mass is 19.2. The Kier molecular flexibility index (Phi) is 13.4. The molecule has 8 nitrogen and oxygen atoms in total. The molecule has 0 unspecified atom stereocenters. The van der Waals surface area contributed by atoms with Crippen molar-refractivity contribution in [3.63, 3.8) is 0 Å². The first-order chi connectivity index (χ1) is 21.2. The number of hydrogen-bond acceptors (Lipinski definition) is 6. The van der Waals surface area contributed by atoms with Gasteiger partial charge in [0.1, 0.15) is 11.3 Å². The number of H-pyrrole nitrogens is 1. The number of aliphatic hydroxyl groups is 1. The van der Waals surface area contributed by atoms with Crippen LogP contribution in [0, 0.1) is 29.3 Å². The van der Waals surface area contributed by atoms with Crippen LogP contribution in [0.3, 0.4) is 0 Å². The number of rotatable bonds is 5. The molecule has 3 N–H and O–H groups in total. The number of pyridine rings is 2. The number of halogens is 3. The molecule has 0 spiro atoms. The molecule has 44 heavy (non-hydrogen) atoms. The summed E-state index contributed by atoms with van der Waals surface area (Å²) in [6.07, 6.45) is 7.56. The largest absolute Gasteiger partial charge is 0.496 e. The summed E-state index contributed by atoms with van der Waals surface area (Å²) >= 11 is 0. The van der Waals surface area contributed by atoms with Crippen LogP contribution in [-0.4, -0.2) is 66.3 Å². The molecule has 1 aliphatic rings. The van der Waals surface area contributed by atoms with E-state index in [1.54, 1.807) is 25.4 Å². The van der Waals surface area contributed by atoms with Crippen molar-refractivity contribution in [1.82, 2.24) is 20.2 Å². The van der Waals surface area contributed by atoms with Crippen LogP contribution < -0.4 is 15.6 Å². The van der Waals surface area contributed by atoms with Gasteiger partial charge in [0.15, 0.2) is 17.5 Å². The lowest BCUT2D eigenvalue weighted by molar-refractivity contribution is 0.0957. The predicted molar refractivity (Wildman–Crippen MR) is 163 cm³/mol. The molecule has 1 fully saturated rings. The molecule has 2 aromatic heterocycles. The molecule has 0 radical (unpaired) electrons. The van der Waals surface area contributed by atoms with Crippen LogP contribution in [0.1, 0.15) is 40.7 Å². The van der Waals surface area contributed by atoms with Crippen molar-refractivity contribution in [2.75, 3.05) is 40.4 Å². The Morgan fingerprint density at radius 1 is 1.09 bits per heavy atom. The van der Waals surface area contributed by atoms with Gasteiger partial charge in [-0.2, -0.15) is 0 Å². The lowest BCUT2D eigenvalue weighted by Crippen LogP contribution is -2.29. The van der Waals surface area contributed by atoms with Gasteiger partial charge < -0.3 is 25.0 Å². The van der Waals surface area contributed by atoms with E-state index < -0.39 is 28.9 Å². The first-order valence-electron chi connectivity index (χ1n) is 14.0. The number of carbonyl (C=O) groups is 1. The summed E-state index contributed by atoms with van der Waals surface area (Å²) in [6, 6.07) is 12.2. The SMILES string of the molecule is CN1CCCCC1.COc1ccnc2ccc(C#CCNC(=O)c3ccc[nH]c3=O)cc12.OCCc1cc(F)c(F)c(F)c1. The number of nitrogens with zero attached hydrogens (tertiary/aromatic N) is 2. The number of aromatic nitrogens is 2. The number of ether oxygens (including phenoxy) is 1. The molecule has 5 rings (SSSR count). The molecule has 1 aliphatic heterocycles. The van der Waals surface area contributed by atoms with Crippen molar-refractivity contribution in [1.29, 1.82) is 0 Å². The highest BCUT2D eigenvalue weighted by molar-refractivity contribution is 5.93. The van der Waals surface area contributed by atoms with Gasteiger partial charge >= 0.3 is 0 Å². The quantitative estimate of drug-likeness (QED) is 0.228. The molecule has 3 heterocycles. The summed E-state index contributed by atoms with van der Waals surface area (Å²) in [4.78, 5) is 32.6. The van der Waals surface area contributed by atoms with E-state index in [0.717, 1.165) is 34.3 Å². The first-order valence-corrected chi connectivity index (χ1v) is 14.0. The molecule has 1 saturated heterocycles. The van der Waals surface area contributed by atoms with Crippen LogP contribution in [0.5, 0.6) is 5.75 Å². The van der Waals surface area contributed by atoms with E-state index >= 15 is 0 Å². The number of aliphatic hydroxyl groups excluding tert-OH is 1. The molecule has 0 bridgehead atoms. The van der Waals surface area contributed by atoms with Gasteiger partial charge in [0.05, 0.1) is 19.2 Å². The van der Waals surface area contributed by atoms with Gasteiger partial charge in [0.25, 0.3) is 11.5 Å². The normalized spacial score (nSPS) is 12.5. The number of amides is 1. The lowest BCUT2D eigenvalue weighted by atomic mass is 10.1. The zero-order valence-corrected chi connectivity index (χ0v) is 24.6. The summed E-state index contributed by atoms with van der Waals surface area (Å²) in [5.74, 6) is 2.19. The molecule has 2 aromatic carbocycles. The predicted octanol–water partition coefficient (Wildman–Crippen LogP) is 4.45. The number of benzene rings is 2. The average Bonchev–Trinajstić information content (AvgIpc) is 3.03. The molecule has 0 aliphatic carbocycles. The molecule has 1 amide bonds. The molecular weight excluding hydrogens is 573 g/mol. The monoisotopic (exact) mass is 608 g/mol. The summed E-state index contributed by atoms with van der Waals surface area (Å²) < 4.78 is 42.6. The Hall–Kier alpha value is -4.66. The highest BCUT2D eigenvalue weighted by Crippen LogP contribution is 2.24. The smallest absolute Gasteiger partial charge is 0.260 e. The second-order valence-corrected chi connectivity index (χ2v) is 9.85. The number of carbonyl (C=O) groups excluding carboxylic acids is 1. The molecule has 0 atom stereocenters. The second kappa shape index (κ2) is 17.5. The minimum absolute atomic E-state index is 0.0609.